The van der Waals surface area contributed by atoms with Gasteiger partial charge in [-0.15, -0.1) is 0 Å². The number of amides is 3. The Labute approximate surface area is 285 Å². The number of carbonyl (C=O) groups excluding carboxylic acids is 3. The van der Waals surface area contributed by atoms with Crippen LogP contribution in [0.2, 0.25) is 0 Å². The lowest BCUT2D eigenvalue weighted by Gasteiger charge is -2.61. The van der Waals surface area contributed by atoms with Crippen molar-refractivity contribution in [1.29, 1.82) is 0 Å². The molecule has 2 aliphatic heterocycles. The molecular weight excluding hydrogens is 614 g/mol. The highest BCUT2D eigenvalue weighted by atomic mass is 32.2. The minimum absolute atomic E-state index is 0.0114. The standard InChI is InChI=1S/C37H59N3O6S/c1-22(8-13-32(42)43)26-11-12-27-25-10-9-23-20-24(14-17-36(23,2)28(25)15-18-37(26,27)3)46-33(44)16-19-38-31(41)7-5-4-6-30-34-29(21-47-30)39-35(45)40-34/h22-30,34H,4-21H2,1-3H3,(H,38,41)(H,42,43)(H2,39,40,45)/t22-,23-,24+,25+,26-,27+,28+,29?,30?,34?,36+,37-/m1/s1. The van der Waals surface area contributed by atoms with Gasteiger partial charge in [0, 0.05) is 30.4 Å². The third-order valence-corrected chi connectivity index (χ3v) is 15.7. The third-order valence-electron chi connectivity index (χ3n) is 14.2. The molecule has 0 aromatic heterocycles. The van der Waals surface area contributed by atoms with Crippen LogP contribution in [0.3, 0.4) is 0 Å². The van der Waals surface area contributed by atoms with Crippen LogP contribution in [-0.4, -0.2) is 64.7 Å². The fourth-order valence-electron chi connectivity index (χ4n) is 11.8. The van der Waals surface area contributed by atoms with E-state index >= 15 is 0 Å². The molecule has 264 valence electrons. The van der Waals surface area contributed by atoms with E-state index in [0.29, 0.717) is 46.8 Å². The smallest absolute Gasteiger partial charge is 0.315 e. The first-order valence-corrected chi connectivity index (χ1v) is 19.9. The summed E-state index contributed by atoms with van der Waals surface area (Å²) >= 11 is 1.90. The number of nitrogens with one attached hydrogen (secondary N) is 3. The summed E-state index contributed by atoms with van der Waals surface area (Å²) in [5.74, 6) is 4.06. The SMILES string of the molecule is C[C@H](CCC(=O)O)[C@H]1CC[C@H]2[C@@H]3CC[C@@H]4C[C@@H](OC(=O)CCNC(=O)CCCCC5SCC6NC(=O)NC65)CC[C@]4(C)[C@H]3CC[C@]12C. The van der Waals surface area contributed by atoms with Crippen LogP contribution < -0.4 is 16.0 Å². The average molecular weight is 674 g/mol. The Kier molecular flexibility index (Phi) is 10.7. The van der Waals surface area contributed by atoms with Gasteiger partial charge in [-0.05, 0) is 123 Å². The van der Waals surface area contributed by atoms with Crippen LogP contribution in [0.5, 0.6) is 0 Å². The Bertz CT molecular complexity index is 1180. The quantitative estimate of drug-likeness (QED) is 0.103. The second-order valence-electron chi connectivity index (χ2n) is 16.6. The van der Waals surface area contributed by atoms with Gasteiger partial charge in [-0.3, -0.25) is 14.4 Å². The van der Waals surface area contributed by atoms with Crippen molar-refractivity contribution in [2.45, 2.75) is 147 Å². The number of carbonyl (C=O) groups is 4. The van der Waals surface area contributed by atoms with Crippen molar-refractivity contribution in [2.75, 3.05) is 12.3 Å². The van der Waals surface area contributed by atoms with E-state index in [1.165, 1.54) is 38.5 Å². The molecule has 4 aliphatic carbocycles. The summed E-state index contributed by atoms with van der Waals surface area (Å²) in [5, 5.41) is 18.6. The van der Waals surface area contributed by atoms with Gasteiger partial charge in [0.25, 0.3) is 0 Å². The number of aliphatic carboxylic acids is 1. The summed E-state index contributed by atoms with van der Waals surface area (Å²) in [6.07, 6.45) is 15.1. The number of rotatable bonds is 13. The monoisotopic (exact) mass is 673 g/mol. The summed E-state index contributed by atoms with van der Waals surface area (Å²) in [6, 6.07) is 0.375. The zero-order valence-electron chi connectivity index (χ0n) is 28.9. The van der Waals surface area contributed by atoms with Gasteiger partial charge in [0.1, 0.15) is 6.10 Å². The second-order valence-corrected chi connectivity index (χ2v) is 17.9. The molecular formula is C37H59N3O6S. The fraction of sp³-hybridized carbons (Fsp3) is 0.892. The van der Waals surface area contributed by atoms with Crippen LogP contribution in [0.1, 0.15) is 124 Å². The average Bonchev–Trinajstić information content (AvgIpc) is 3.70. The third kappa shape index (κ3) is 7.33. The van der Waals surface area contributed by atoms with Gasteiger partial charge < -0.3 is 25.8 Å². The molecule has 4 N–H and O–H groups in total. The number of carboxylic acids is 1. The first-order valence-electron chi connectivity index (χ1n) is 18.8. The molecule has 3 unspecified atom stereocenters. The van der Waals surface area contributed by atoms with Gasteiger partial charge in [-0.1, -0.05) is 27.2 Å². The number of hydrogen-bond donors (Lipinski definition) is 4. The summed E-state index contributed by atoms with van der Waals surface area (Å²) in [6.45, 7) is 7.70. The maximum absolute atomic E-state index is 12.8. The second kappa shape index (κ2) is 14.5. The molecule has 4 saturated carbocycles. The zero-order chi connectivity index (χ0) is 33.3. The number of urea groups is 1. The summed E-state index contributed by atoms with van der Waals surface area (Å²) in [5.41, 5.74) is 0.658. The van der Waals surface area contributed by atoms with Crippen molar-refractivity contribution in [3.63, 3.8) is 0 Å². The largest absolute Gasteiger partial charge is 0.481 e. The molecule has 9 nitrogen and oxygen atoms in total. The molecule has 0 bridgehead atoms. The number of hydrogen-bond acceptors (Lipinski definition) is 6. The maximum Gasteiger partial charge on any atom is 0.315 e. The lowest BCUT2D eigenvalue weighted by atomic mass is 9.44. The number of thioether (sulfide) groups is 1. The van der Waals surface area contributed by atoms with E-state index in [4.69, 9.17) is 4.74 Å². The van der Waals surface area contributed by atoms with Gasteiger partial charge >= 0.3 is 18.0 Å². The Morgan fingerprint density at radius 1 is 0.979 bits per heavy atom. The molecule has 12 atom stereocenters. The molecule has 47 heavy (non-hydrogen) atoms. The molecule has 6 aliphatic rings. The molecule has 0 radical (unpaired) electrons. The minimum Gasteiger partial charge on any atom is -0.481 e. The Morgan fingerprint density at radius 2 is 1.77 bits per heavy atom. The molecule has 0 spiro atoms. The lowest BCUT2D eigenvalue weighted by molar-refractivity contribution is -0.162. The first kappa shape index (κ1) is 34.9. The normalized spacial score (nSPS) is 41.0. The van der Waals surface area contributed by atoms with Crippen molar-refractivity contribution >= 4 is 35.6 Å². The number of carboxylic acid groups (broad SMARTS) is 1. The van der Waals surface area contributed by atoms with Gasteiger partial charge in [-0.25, -0.2) is 4.79 Å². The zero-order valence-corrected chi connectivity index (χ0v) is 29.7. The van der Waals surface area contributed by atoms with Gasteiger partial charge in [0.15, 0.2) is 0 Å². The van der Waals surface area contributed by atoms with Crippen molar-refractivity contribution in [3.8, 4) is 0 Å². The molecule has 2 heterocycles. The van der Waals surface area contributed by atoms with Crippen molar-refractivity contribution in [3.05, 3.63) is 0 Å². The van der Waals surface area contributed by atoms with Crippen molar-refractivity contribution in [1.82, 2.24) is 16.0 Å². The van der Waals surface area contributed by atoms with E-state index in [0.717, 1.165) is 68.5 Å². The number of fused-ring (bicyclic) bond motifs is 6. The molecule has 3 amide bonds. The van der Waals surface area contributed by atoms with Crippen LogP contribution in [0.4, 0.5) is 4.79 Å². The molecule has 6 rings (SSSR count). The fourth-order valence-corrected chi connectivity index (χ4v) is 13.3. The highest BCUT2D eigenvalue weighted by Crippen LogP contribution is 2.68. The first-order chi connectivity index (χ1) is 22.5. The topological polar surface area (TPSA) is 134 Å². The summed E-state index contributed by atoms with van der Waals surface area (Å²) in [4.78, 5) is 47.9. The summed E-state index contributed by atoms with van der Waals surface area (Å²) < 4.78 is 6.00. The molecule has 10 heteroatoms. The van der Waals surface area contributed by atoms with Crippen molar-refractivity contribution in [2.24, 2.45) is 46.3 Å². The van der Waals surface area contributed by atoms with Crippen molar-refractivity contribution < 1.29 is 29.0 Å². The van der Waals surface area contributed by atoms with E-state index < -0.39 is 5.97 Å². The molecule has 0 aromatic carbocycles. The maximum atomic E-state index is 12.8. The molecule has 2 saturated heterocycles. The predicted molar refractivity (Wildman–Crippen MR) is 183 cm³/mol. The van der Waals surface area contributed by atoms with Gasteiger partial charge in [-0.2, -0.15) is 11.8 Å². The van der Waals surface area contributed by atoms with Gasteiger partial charge in [0.2, 0.25) is 5.91 Å². The van der Waals surface area contributed by atoms with E-state index in [1.54, 1.807) is 0 Å². The molecule has 0 aromatic rings. The lowest BCUT2D eigenvalue weighted by Crippen LogP contribution is -2.54. The van der Waals surface area contributed by atoms with Crippen LogP contribution in [0, 0.1) is 46.3 Å². The van der Waals surface area contributed by atoms with Gasteiger partial charge in [0.05, 0.1) is 18.5 Å². The minimum atomic E-state index is -0.671. The highest BCUT2D eigenvalue weighted by Gasteiger charge is 2.60. The number of esters is 1. The Morgan fingerprint density at radius 3 is 2.57 bits per heavy atom. The Balaban J connectivity index is 0.892. The number of ether oxygens (including phenoxy) is 1. The van der Waals surface area contributed by atoms with E-state index in [-0.39, 0.29) is 48.9 Å². The van der Waals surface area contributed by atoms with Crippen LogP contribution in [-0.2, 0) is 19.1 Å². The number of unbranched alkanes of at least 4 members (excludes halogenated alkanes) is 1. The van der Waals surface area contributed by atoms with Crippen LogP contribution in [0.25, 0.3) is 0 Å². The van der Waals surface area contributed by atoms with E-state index in [1.807, 2.05) is 11.8 Å². The Hall–Kier alpha value is -1.97. The van der Waals surface area contributed by atoms with E-state index in [2.05, 4.69) is 36.7 Å². The molecule has 6 fully saturated rings. The van der Waals surface area contributed by atoms with Crippen LogP contribution in [0.15, 0.2) is 0 Å². The van der Waals surface area contributed by atoms with E-state index in [9.17, 15) is 24.3 Å². The highest BCUT2D eigenvalue weighted by molar-refractivity contribution is 8.00. The van der Waals surface area contributed by atoms with Crippen LogP contribution >= 0.6 is 11.8 Å². The summed E-state index contributed by atoms with van der Waals surface area (Å²) in [7, 11) is 0. The predicted octanol–water partition coefficient (Wildman–Crippen LogP) is 6.29.